The van der Waals surface area contributed by atoms with Crippen LogP contribution in [-0.4, -0.2) is 6.54 Å². The molecule has 1 aromatic rings. The summed E-state index contributed by atoms with van der Waals surface area (Å²) in [4.78, 5) is 0. The Balaban J connectivity index is 2.14. The summed E-state index contributed by atoms with van der Waals surface area (Å²) in [5, 5.41) is 0. The van der Waals surface area contributed by atoms with Crippen LogP contribution < -0.4 is 5.73 Å². The minimum Gasteiger partial charge on any atom is -0.330 e. The standard InChI is InChI=1S/C11H15N/c1-8-3-2-4-9(5-8)11-6-10(11)7-12/h2-5,10-11H,6-7,12H2,1H3/t10-,11?/m0/s1. The topological polar surface area (TPSA) is 26.0 Å². The third kappa shape index (κ3) is 1.37. The first-order valence-electron chi connectivity index (χ1n) is 4.58. The van der Waals surface area contributed by atoms with Gasteiger partial charge < -0.3 is 5.73 Å². The lowest BCUT2D eigenvalue weighted by Crippen LogP contribution is -2.01. The van der Waals surface area contributed by atoms with Crippen molar-refractivity contribution >= 4 is 0 Å². The highest BCUT2D eigenvalue weighted by Gasteiger charge is 2.36. The van der Waals surface area contributed by atoms with E-state index >= 15 is 0 Å². The van der Waals surface area contributed by atoms with Crippen molar-refractivity contribution in [2.75, 3.05) is 6.54 Å². The van der Waals surface area contributed by atoms with Gasteiger partial charge in [0, 0.05) is 0 Å². The first-order valence-corrected chi connectivity index (χ1v) is 4.58. The SMILES string of the molecule is Cc1cccc(C2C[C@H]2CN)c1. The van der Waals surface area contributed by atoms with E-state index in [2.05, 4.69) is 31.2 Å². The lowest BCUT2D eigenvalue weighted by Gasteiger charge is -1.99. The van der Waals surface area contributed by atoms with Gasteiger partial charge in [-0.15, -0.1) is 0 Å². The minimum atomic E-state index is 0.756. The zero-order valence-corrected chi connectivity index (χ0v) is 7.46. The summed E-state index contributed by atoms with van der Waals surface area (Å²) in [7, 11) is 0. The van der Waals surface area contributed by atoms with Crippen molar-refractivity contribution in [1.82, 2.24) is 0 Å². The molecule has 2 atom stereocenters. The number of aryl methyl sites for hydroxylation is 1. The van der Waals surface area contributed by atoms with Crippen molar-refractivity contribution in [3.05, 3.63) is 35.4 Å². The highest BCUT2D eigenvalue weighted by molar-refractivity contribution is 5.29. The molecule has 0 bridgehead atoms. The third-order valence-electron chi connectivity index (χ3n) is 2.70. The number of hydrogen-bond acceptors (Lipinski definition) is 1. The molecule has 1 aliphatic rings. The second-order valence-electron chi connectivity index (χ2n) is 3.75. The van der Waals surface area contributed by atoms with Crippen LogP contribution in [0.25, 0.3) is 0 Å². The van der Waals surface area contributed by atoms with Crippen molar-refractivity contribution in [3.8, 4) is 0 Å². The largest absolute Gasteiger partial charge is 0.330 e. The van der Waals surface area contributed by atoms with E-state index in [1.54, 1.807) is 0 Å². The molecule has 1 nitrogen and oxygen atoms in total. The normalized spacial score (nSPS) is 27.2. The van der Waals surface area contributed by atoms with Gasteiger partial charge in [0.1, 0.15) is 0 Å². The zero-order valence-electron chi connectivity index (χ0n) is 7.46. The van der Waals surface area contributed by atoms with Crippen LogP contribution in [0.3, 0.4) is 0 Å². The summed E-state index contributed by atoms with van der Waals surface area (Å²) in [6.45, 7) is 2.99. The summed E-state index contributed by atoms with van der Waals surface area (Å²) >= 11 is 0. The van der Waals surface area contributed by atoms with E-state index < -0.39 is 0 Å². The molecule has 0 heterocycles. The van der Waals surface area contributed by atoms with Gasteiger partial charge in [0.25, 0.3) is 0 Å². The molecular weight excluding hydrogens is 146 g/mol. The lowest BCUT2D eigenvalue weighted by atomic mass is 10.1. The second-order valence-corrected chi connectivity index (χ2v) is 3.75. The molecule has 0 saturated heterocycles. The van der Waals surface area contributed by atoms with Gasteiger partial charge in [-0.05, 0) is 37.3 Å². The van der Waals surface area contributed by atoms with Crippen LogP contribution in [0.1, 0.15) is 23.5 Å². The monoisotopic (exact) mass is 161 g/mol. The van der Waals surface area contributed by atoms with Crippen LogP contribution in [-0.2, 0) is 0 Å². The molecule has 1 unspecified atom stereocenters. The van der Waals surface area contributed by atoms with Gasteiger partial charge in [0.15, 0.2) is 0 Å². The first-order chi connectivity index (χ1) is 5.81. The molecule has 2 N–H and O–H groups in total. The van der Waals surface area contributed by atoms with Gasteiger partial charge in [-0.1, -0.05) is 29.8 Å². The molecule has 0 spiro atoms. The fourth-order valence-corrected chi connectivity index (χ4v) is 1.82. The quantitative estimate of drug-likeness (QED) is 0.706. The van der Waals surface area contributed by atoms with Crippen molar-refractivity contribution in [1.29, 1.82) is 0 Å². The molecule has 64 valence electrons. The lowest BCUT2D eigenvalue weighted by molar-refractivity contribution is 0.809. The van der Waals surface area contributed by atoms with Crippen molar-refractivity contribution in [2.45, 2.75) is 19.3 Å². The van der Waals surface area contributed by atoms with Gasteiger partial charge in [0.05, 0.1) is 0 Å². The van der Waals surface area contributed by atoms with Crippen LogP contribution in [0.2, 0.25) is 0 Å². The average molecular weight is 161 g/mol. The van der Waals surface area contributed by atoms with Crippen LogP contribution in [0.4, 0.5) is 0 Å². The Morgan fingerprint density at radius 2 is 2.33 bits per heavy atom. The van der Waals surface area contributed by atoms with Crippen molar-refractivity contribution in [3.63, 3.8) is 0 Å². The predicted molar refractivity (Wildman–Crippen MR) is 51.1 cm³/mol. The predicted octanol–water partition coefficient (Wildman–Crippen LogP) is 2.06. The maximum atomic E-state index is 5.60. The van der Waals surface area contributed by atoms with Gasteiger partial charge in [0.2, 0.25) is 0 Å². The molecule has 12 heavy (non-hydrogen) atoms. The fourth-order valence-electron chi connectivity index (χ4n) is 1.82. The summed E-state index contributed by atoms with van der Waals surface area (Å²) in [6, 6.07) is 8.77. The van der Waals surface area contributed by atoms with E-state index in [0.717, 1.165) is 18.4 Å². The summed E-state index contributed by atoms with van der Waals surface area (Å²) in [5.74, 6) is 1.52. The smallest absolute Gasteiger partial charge is 0.00428 e. The number of benzene rings is 1. The van der Waals surface area contributed by atoms with E-state index in [1.165, 1.54) is 17.5 Å². The van der Waals surface area contributed by atoms with Gasteiger partial charge in [-0.25, -0.2) is 0 Å². The van der Waals surface area contributed by atoms with Crippen LogP contribution in [0.5, 0.6) is 0 Å². The fraction of sp³-hybridized carbons (Fsp3) is 0.455. The number of hydrogen-bond donors (Lipinski definition) is 1. The van der Waals surface area contributed by atoms with Gasteiger partial charge in [-0.2, -0.15) is 0 Å². The molecule has 0 aliphatic heterocycles. The first kappa shape index (κ1) is 7.81. The second kappa shape index (κ2) is 2.91. The Bertz CT molecular complexity index is 280. The third-order valence-corrected chi connectivity index (χ3v) is 2.70. The molecule has 0 amide bonds. The molecule has 1 fully saturated rings. The molecule has 1 aromatic carbocycles. The van der Waals surface area contributed by atoms with Gasteiger partial charge in [-0.3, -0.25) is 0 Å². The Morgan fingerprint density at radius 3 is 2.92 bits per heavy atom. The molecule has 1 heteroatoms. The summed E-state index contributed by atoms with van der Waals surface area (Å²) in [6.07, 6.45) is 1.29. The average Bonchev–Trinajstić information content (AvgIpc) is 2.83. The van der Waals surface area contributed by atoms with E-state index in [1.807, 2.05) is 0 Å². The Kier molecular flexibility index (Phi) is 1.89. The van der Waals surface area contributed by atoms with Crippen LogP contribution in [0, 0.1) is 12.8 Å². The Labute approximate surface area is 73.6 Å². The molecule has 1 saturated carbocycles. The molecule has 0 radical (unpaired) electrons. The van der Waals surface area contributed by atoms with Crippen molar-refractivity contribution in [2.24, 2.45) is 11.7 Å². The highest BCUT2D eigenvalue weighted by Crippen LogP contribution is 2.46. The molecular formula is C11H15N. The Hall–Kier alpha value is -0.820. The molecule has 0 aromatic heterocycles. The zero-order chi connectivity index (χ0) is 8.55. The van der Waals surface area contributed by atoms with Gasteiger partial charge >= 0.3 is 0 Å². The number of nitrogens with two attached hydrogens (primary N) is 1. The van der Waals surface area contributed by atoms with Crippen molar-refractivity contribution < 1.29 is 0 Å². The Morgan fingerprint density at radius 1 is 1.50 bits per heavy atom. The molecule has 2 rings (SSSR count). The van der Waals surface area contributed by atoms with E-state index in [9.17, 15) is 0 Å². The van der Waals surface area contributed by atoms with Crippen LogP contribution in [0.15, 0.2) is 24.3 Å². The highest BCUT2D eigenvalue weighted by atomic mass is 14.6. The van der Waals surface area contributed by atoms with E-state index in [0.29, 0.717) is 0 Å². The van der Waals surface area contributed by atoms with E-state index in [4.69, 9.17) is 5.73 Å². The maximum Gasteiger partial charge on any atom is -0.00428 e. The summed E-state index contributed by atoms with van der Waals surface area (Å²) in [5.41, 5.74) is 8.43. The van der Waals surface area contributed by atoms with E-state index in [-0.39, 0.29) is 0 Å². The van der Waals surface area contributed by atoms with Crippen LogP contribution >= 0.6 is 0 Å². The minimum absolute atomic E-state index is 0.756. The maximum absolute atomic E-state index is 5.60. The number of rotatable bonds is 2. The summed E-state index contributed by atoms with van der Waals surface area (Å²) < 4.78 is 0. The molecule has 1 aliphatic carbocycles.